The highest BCUT2D eigenvalue weighted by molar-refractivity contribution is 6.29. The molecular weight excluding hydrogens is 470 g/mol. The van der Waals surface area contributed by atoms with Crippen LogP contribution >= 0.6 is 11.6 Å². The molecule has 1 aliphatic heterocycles. The molecule has 0 radical (unpaired) electrons. The predicted molar refractivity (Wildman–Crippen MR) is 150 cm³/mol. The zero-order valence-electron chi connectivity index (χ0n) is 22.2. The van der Waals surface area contributed by atoms with Gasteiger partial charge in [-0.1, -0.05) is 56.6 Å². The summed E-state index contributed by atoms with van der Waals surface area (Å²) in [6, 6.07) is 12.9. The fraction of sp³-hybridized carbons (Fsp3) is 0.414. The molecule has 7 heteroatoms. The maximum Gasteiger partial charge on any atom is 0.132 e. The second-order valence-corrected chi connectivity index (χ2v) is 11.4. The number of pyridine rings is 1. The SMILES string of the molecule is Cc1ccc(C(c2ccc(N(C)N)c(N)c2C)C(C)(C)C)cc1CN1CCOc2cc(Cl)ncc2C1. The van der Waals surface area contributed by atoms with Crippen LogP contribution in [0.3, 0.4) is 0 Å². The Morgan fingerprint density at radius 2 is 1.92 bits per heavy atom. The molecule has 6 nitrogen and oxygen atoms in total. The lowest BCUT2D eigenvalue weighted by atomic mass is 9.71. The number of anilines is 2. The minimum atomic E-state index is -0.0137. The van der Waals surface area contributed by atoms with E-state index in [4.69, 9.17) is 27.9 Å². The normalized spacial score (nSPS) is 15.1. The number of benzene rings is 2. The number of hydrazine groups is 1. The molecule has 0 amide bonds. The molecular formula is C29H38ClN5O. The summed E-state index contributed by atoms with van der Waals surface area (Å²) in [4.78, 5) is 6.67. The molecule has 2 aromatic carbocycles. The van der Waals surface area contributed by atoms with Crippen LogP contribution in [0.25, 0.3) is 0 Å². The van der Waals surface area contributed by atoms with Crippen LogP contribution < -0.4 is 21.3 Å². The van der Waals surface area contributed by atoms with Crippen molar-refractivity contribution in [1.82, 2.24) is 9.88 Å². The van der Waals surface area contributed by atoms with Crippen molar-refractivity contribution in [2.24, 2.45) is 11.3 Å². The Hall–Kier alpha value is -2.80. The third kappa shape index (κ3) is 5.46. The molecule has 0 saturated heterocycles. The summed E-state index contributed by atoms with van der Waals surface area (Å²) in [5.74, 6) is 7.02. The molecule has 3 aromatic rings. The van der Waals surface area contributed by atoms with Gasteiger partial charge in [0, 0.05) is 50.4 Å². The van der Waals surface area contributed by atoms with Gasteiger partial charge in [0.15, 0.2) is 0 Å². The first-order chi connectivity index (χ1) is 17.0. The van der Waals surface area contributed by atoms with E-state index < -0.39 is 0 Å². The van der Waals surface area contributed by atoms with Crippen molar-refractivity contribution in [3.05, 3.63) is 81.1 Å². The van der Waals surface area contributed by atoms with E-state index in [2.05, 4.69) is 68.8 Å². The maximum atomic E-state index is 6.53. The first kappa shape index (κ1) is 26.3. The van der Waals surface area contributed by atoms with E-state index in [0.717, 1.165) is 47.9 Å². The Morgan fingerprint density at radius 3 is 2.61 bits per heavy atom. The smallest absolute Gasteiger partial charge is 0.132 e. The first-order valence-corrected chi connectivity index (χ1v) is 12.8. The van der Waals surface area contributed by atoms with Gasteiger partial charge < -0.3 is 15.5 Å². The third-order valence-corrected chi connectivity index (χ3v) is 7.37. The van der Waals surface area contributed by atoms with Gasteiger partial charge in [-0.05, 0) is 53.1 Å². The molecule has 0 saturated carbocycles. The number of hydrogen-bond donors (Lipinski definition) is 2. The Balaban J connectivity index is 1.69. The van der Waals surface area contributed by atoms with Crippen LogP contribution in [0.4, 0.5) is 11.4 Å². The Labute approximate surface area is 220 Å². The van der Waals surface area contributed by atoms with Crippen molar-refractivity contribution >= 4 is 23.0 Å². The zero-order valence-corrected chi connectivity index (χ0v) is 23.0. The number of hydrogen-bond acceptors (Lipinski definition) is 6. The van der Waals surface area contributed by atoms with Crippen molar-refractivity contribution in [2.45, 2.75) is 53.6 Å². The Kier molecular flexibility index (Phi) is 7.51. The van der Waals surface area contributed by atoms with Crippen LogP contribution in [0.5, 0.6) is 5.75 Å². The molecule has 0 fully saturated rings. The van der Waals surface area contributed by atoms with E-state index in [1.165, 1.54) is 22.3 Å². The van der Waals surface area contributed by atoms with Gasteiger partial charge in [-0.15, -0.1) is 0 Å². The topological polar surface area (TPSA) is 80.6 Å². The third-order valence-electron chi connectivity index (χ3n) is 7.16. The molecule has 4 N–H and O–H groups in total. The number of fused-ring (bicyclic) bond motifs is 1. The van der Waals surface area contributed by atoms with E-state index in [1.807, 2.05) is 25.4 Å². The molecule has 192 valence electrons. The second kappa shape index (κ2) is 10.3. The van der Waals surface area contributed by atoms with Crippen LogP contribution in [0.1, 0.15) is 60.1 Å². The highest BCUT2D eigenvalue weighted by Gasteiger charge is 2.31. The van der Waals surface area contributed by atoms with Crippen molar-refractivity contribution in [3.8, 4) is 5.75 Å². The average molecular weight is 508 g/mol. The van der Waals surface area contributed by atoms with E-state index >= 15 is 0 Å². The van der Waals surface area contributed by atoms with Gasteiger partial charge in [-0.3, -0.25) is 4.90 Å². The number of halogens is 1. The van der Waals surface area contributed by atoms with Gasteiger partial charge in [-0.2, -0.15) is 0 Å². The van der Waals surface area contributed by atoms with E-state index in [9.17, 15) is 0 Å². The van der Waals surface area contributed by atoms with Crippen LogP contribution in [0, 0.1) is 19.3 Å². The van der Waals surface area contributed by atoms with Gasteiger partial charge in [0.05, 0.1) is 11.4 Å². The molecule has 1 aromatic heterocycles. The molecule has 1 aliphatic rings. The summed E-state index contributed by atoms with van der Waals surface area (Å²) in [5.41, 5.74) is 15.4. The highest BCUT2D eigenvalue weighted by Crippen LogP contribution is 2.44. The zero-order chi connectivity index (χ0) is 26.2. The quantitative estimate of drug-likeness (QED) is 0.196. The lowest BCUT2D eigenvalue weighted by Gasteiger charge is -2.34. The first-order valence-electron chi connectivity index (χ1n) is 12.4. The summed E-state index contributed by atoms with van der Waals surface area (Å²) >= 11 is 6.07. The average Bonchev–Trinajstić information content (AvgIpc) is 2.99. The predicted octanol–water partition coefficient (Wildman–Crippen LogP) is 5.82. The molecule has 0 spiro atoms. The minimum absolute atomic E-state index is 0.0137. The standard InChI is InChI=1S/C29H38ClN5O/c1-18-7-8-20(27(29(3,4)5)23-9-10-24(34(6)32)28(31)19(23)2)13-21(18)16-35-11-12-36-25-14-26(30)33-15-22(25)17-35/h7-10,13-15,27H,11-12,16-17,31-32H2,1-6H3. The number of aryl methyl sites for hydroxylation is 1. The van der Waals surface area contributed by atoms with Gasteiger partial charge >= 0.3 is 0 Å². The number of ether oxygens (including phenoxy) is 1. The lowest BCUT2D eigenvalue weighted by Crippen LogP contribution is -2.27. The molecule has 2 heterocycles. The van der Waals surface area contributed by atoms with Gasteiger partial charge in [0.2, 0.25) is 0 Å². The van der Waals surface area contributed by atoms with Gasteiger partial charge in [-0.25, -0.2) is 10.8 Å². The van der Waals surface area contributed by atoms with Crippen LogP contribution in [-0.4, -0.2) is 30.1 Å². The van der Waals surface area contributed by atoms with E-state index in [0.29, 0.717) is 11.8 Å². The van der Waals surface area contributed by atoms with Crippen molar-refractivity contribution in [3.63, 3.8) is 0 Å². The number of rotatable bonds is 5. The fourth-order valence-electron chi connectivity index (χ4n) is 5.21. The van der Waals surface area contributed by atoms with Crippen molar-refractivity contribution < 1.29 is 4.74 Å². The molecule has 1 atom stereocenters. The van der Waals surface area contributed by atoms with Crippen LogP contribution in [0.2, 0.25) is 5.15 Å². The van der Waals surface area contributed by atoms with Crippen molar-refractivity contribution in [1.29, 1.82) is 0 Å². The summed E-state index contributed by atoms with van der Waals surface area (Å²) in [6.45, 7) is 14.2. The molecule has 0 bridgehead atoms. The summed E-state index contributed by atoms with van der Waals surface area (Å²) in [7, 11) is 1.81. The van der Waals surface area contributed by atoms with Crippen molar-refractivity contribution in [2.75, 3.05) is 30.9 Å². The summed E-state index contributed by atoms with van der Waals surface area (Å²) in [6.07, 6.45) is 1.82. The fourth-order valence-corrected chi connectivity index (χ4v) is 5.36. The van der Waals surface area contributed by atoms with Gasteiger partial charge in [0.25, 0.3) is 0 Å². The molecule has 4 rings (SSSR count). The minimum Gasteiger partial charge on any atom is -0.492 e. The molecule has 1 unspecified atom stereocenters. The van der Waals surface area contributed by atoms with Crippen LogP contribution in [0.15, 0.2) is 42.6 Å². The van der Waals surface area contributed by atoms with Crippen LogP contribution in [-0.2, 0) is 13.1 Å². The summed E-state index contributed by atoms with van der Waals surface area (Å²) < 4.78 is 5.95. The number of nitrogen functional groups attached to an aromatic ring is 1. The Morgan fingerprint density at radius 1 is 1.17 bits per heavy atom. The summed E-state index contributed by atoms with van der Waals surface area (Å²) in [5, 5.41) is 2.04. The molecule has 36 heavy (non-hydrogen) atoms. The number of nitrogens with two attached hydrogens (primary N) is 2. The number of nitrogens with zero attached hydrogens (tertiary/aromatic N) is 3. The Bertz CT molecular complexity index is 1250. The second-order valence-electron chi connectivity index (χ2n) is 11.0. The highest BCUT2D eigenvalue weighted by atomic mass is 35.5. The largest absolute Gasteiger partial charge is 0.492 e. The molecule has 0 aliphatic carbocycles. The van der Waals surface area contributed by atoms with E-state index in [-0.39, 0.29) is 11.3 Å². The number of aromatic nitrogens is 1. The van der Waals surface area contributed by atoms with Gasteiger partial charge in [0.1, 0.15) is 17.5 Å². The lowest BCUT2D eigenvalue weighted by molar-refractivity contribution is 0.219. The maximum absolute atomic E-state index is 6.53. The monoisotopic (exact) mass is 507 g/mol. The van der Waals surface area contributed by atoms with E-state index in [1.54, 1.807) is 5.01 Å².